The number of carbonyl (C=O) groups is 1. The van der Waals surface area contributed by atoms with Crippen molar-refractivity contribution in [1.82, 2.24) is 0 Å². The van der Waals surface area contributed by atoms with Gasteiger partial charge in [-0.3, -0.25) is 4.79 Å². The van der Waals surface area contributed by atoms with Gasteiger partial charge in [-0.2, -0.15) is 0 Å². The Hall–Kier alpha value is -0.850. The molecule has 0 aliphatic heterocycles. The lowest BCUT2D eigenvalue weighted by atomic mass is 9.43. The SMILES string of the molecule is C#CC(CCC(=O)C(C)C(C)CCC)C1CCC2C3CC(O)C4CCCCC4(C)C3CC(O)C12C. The lowest BCUT2D eigenvalue weighted by Gasteiger charge is -2.63. The van der Waals surface area contributed by atoms with Crippen molar-refractivity contribution in [2.45, 2.75) is 124 Å². The van der Waals surface area contributed by atoms with Crippen molar-refractivity contribution in [3.8, 4) is 12.3 Å². The molecule has 0 aromatic heterocycles. The Morgan fingerprint density at radius 1 is 1.03 bits per heavy atom. The summed E-state index contributed by atoms with van der Waals surface area (Å²) in [6.45, 7) is 11.2. The molecule has 35 heavy (non-hydrogen) atoms. The minimum Gasteiger partial charge on any atom is -0.393 e. The molecule has 0 aromatic carbocycles. The van der Waals surface area contributed by atoms with E-state index < -0.39 is 0 Å². The number of ketones is 1. The van der Waals surface area contributed by atoms with Crippen molar-refractivity contribution in [3.63, 3.8) is 0 Å². The maximum absolute atomic E-state index is 13.0. The van der Waals surface area contributed by atoms with E-state index in [1.807, 2.05) is 0 Å². The monoisotopic (exact) mass is 484 g/mol. The van der Waals surface area contributed by atoms with Gasteiger partial charge in [-0.15, -0.1) is 12.3 Å². The summed E-state index contributed by atoms with van der Waals surface area (Å²) in [5.41, 5.74) is -0.0514. The molecule has 12 unspecified atom stereocenters. The van der Waals surface area contributed by atoms with E-state index >= 15 is 0 Å². The van der Waals surface area contributed by atoms with E-state index in [1.165, 1.54) is 19.3 Å². The summed E-state index contributed by atoms with van der Waals surface area (Å²) >= 11 is 0. The van der Waals surface area contributed by atoms with Gasteiger partial charge < -0.3 is 10.2 Å². The minimum atomic E-state index is -0.342. The van der Waals surface area contributed by atoms with Crippen LogP contribution in [0.4, 0.5) is 0 Å². The number of carbonyl (C=O) groups excluding carboxylic acids is 1. The number of Topliss-reactive ketones (excluding diaryl/α,β-unsaturated/α-hetero) is 1. The molecule has 2 N–H and O–H groups in total. The molecule has 0 radical (unpaired) electrons. The van der Waals surface area contributed by atoms with Gasteiger partial charge in [-0.1, -0.05) is 60.3 Å². The first-order valence-corrected chi connectivity index (χ1v) is 14.9. The van der Waals surface area contributed by atoms with Gasteiger partial charge in [0.15, 0.2) is 0 Å². The predicted molar refractivity (Wildman–Crippen MR) is 142 cm³/mol. The van der Waals surface area contributed by atoms with Crippen LogP contribution in [0.5, 0.6) is 0 Å². The van der Waals surface area contributed by atoms with Crippen LogP contribution in [0, 0.1) is 70.5 Å². The van der Waals surface area contributed by atoms with E-state index in [-0.39, 0.29) is 40.8 Å². The first-order valence-electron chi connectivity index (χ1n) is 14.9. The van der Waals surface area contributed by atoms with Gasteiger partial charge in [-0.25, -0.2) is 0 Å². The van der Waals surface area contributed by atoms with E-state index in [1.54, 1.807) is 0 Å². The van der Waals surface area contributed by atoms with Crippen LogP contribution in [0.3, 0.4) is 0 Å². The largest absolute Gasteiger partial charge is 0.393 e. The Balaban J connectivity index is 1.50. The molecule has 0 saturated heterocycles. The first kappa shape index (κ1) is 27.2. The third kappa shape index (κ3) is 4.54. The van der Waals surface area contributed by atoms with Gasteiger partial charge in [0.2, 0.25) is 0 Å². The van der Waals surface area contributed by atoms with Crippen LogP contribution < -0.4 is 0 Å². The molecule has 12 atom stereocenters. The zero-order valence-electron chi connectivity index (χ0n) is 23.1. The number of hydrogen-bond donors (Lipinski definition) is 2. The molecule has 3 heteroatoms. The van der Waals surface area contributed by atoms with E-state index in [4.69, 9.17) is 6.42 Å². The molecule has 0 bridgehead atoms. The molecule has 0 amide bonds. The highest BCUT2D eigenvalue weighted by Crippen LogP contribution is 2.68. The Morgan fingerprint density at radius 2 is 1.77 bits per heavy atom. The van der Waals surface area contributed by atoms with Gasteiger partial charge in [0.05, 0.1) is 12.2 Å². The number of terminal acetylenes is 1. The maximum atomic E-state index is 13.0. The molecule has 3 nitrogen and oxygen atoms in total. The number of rotatable bonds is 8. The van der Waals surface area contributed by atoms with Gasteiger partial charge in [-0.05, 0) is 85.9 Å². The summed E-state index contributed by atoms with van der Waals surface area (Å²) < 4.78 is 0. The van der Waals surface area contributed by atoms with Crippen molar-refractivity contribution in [3.05, 3.63) is 0 Å². The van der Waals surface area contributed by atoms with Gasteiger partial charge in [0, 0.05) is 23.7 Å². The Kier molecular flexibility index (Phi) is 8.15. The molecule has 4 fully saturated rings. The molecule has 0 heterocycles. The Morgan fingerprint density at radius 3 is 2.46 bits per heavy atom. The fraction of sp³-hybridized carbons (Fsp3) is 0.906. The maximum Gasteiger partial charge on any atom is 0.136 e. The van der Waals surface area contributed by atoms with E-state index in [9.17, 15) is 15.0 Å². The summed E-state index contributed by atoms with van der Waals surface area (Å²) in [7, 11) is 0. The molecule has 4 saturated carbocycles. The van der Waals surface area contributed by atoms with Crippen LogP contribution in [0.1, 0.15) is 112 Å². The average Bonchev–Trinajstić information content (AvgIpc) is 3.19. The number of fused-ring (bicyclic) bond motifs is 5. The summed E-state index contributed by atoms with van der Waals surface area (Å²) in [6.07, 6.45) is 17.8. The second-order valence-corrected chi connectivity index (χ2v) is 13.7. The summed E-state index contributed by atoms with van der Waals surface area (Å²) in [4.78, 5) is 13.0. The highest BCUT2D eigenvalue weighted by atomic mass is 16.3. The molecule has 0 aromatic rings. The third-order valence-electron chi connectivity index (χ3n) is 12.3. The van der Waals surface area contributed by atoms with Crippen molar-refractivity contribution in [2.24, 2.45) is 58.2 Å². The van der Waals surface area contributed by atoms with Crippen LogP contribution >= 0.6 is 0 Å². The number of aliphatic hydroxyl groups is 2. The molecule has 4 rings (SSSR count). The molecular formula is C32H52O3. The zero-order valence-corrected chi connectivity index (χ0v) is 23.1. The van der Waals surface area contributed by atoms with Crippen molar-refractivity contribution in [2.75, 3.05) is 0 Å². The van der Waals surface area contributed by atoms with Crippen LogP contribution in [0.2, 0.25) is 0 Å². The molecular weight excluding hydrogens is 432 g/mol. The highest BCUT2D eigenvalue weighted by molar-refractivity contribution is 5.80. The van der Waals surface area contributed by atoms with Gasteiger partial charge in [0.25, 0.3) is 0 Å². The fourth-order valence-corrected chi connectivity index (χ4v) is 9.97. The van der Waals surface area contributed by atoms with Gasteiger partial charge in [0.1, 0.15) is 5.78 Å². The van der Waals surface area contributed by atoms with Gasteiger partial charge >= 0.3 is 0 Å². The quantitative estimate of drug-likeness (QED) is 0.379. The van der Waals surface area contributed by atoms with Crippen LogP contribution in [0.15, 0.2) is 0 Å². The lowest BCUT2D eigenvalue weighted by molar-refractivity contribution is -0.193. The smallest absolute Gasteiger partial charge is 0.136 e. The number of hydrogen-bond acceptors (Lipinski definition) is 3. The average molecular weight is 485 g/mol. The highest BCUT2D eigenvalue weighted by Gasteiger charge is 2.65. The molecule has 4 aliphatic rings. The molecule has 4 aliphatic carbocycles. The van der Waals surface area contributed by atoms with E-state index in [2.05, 4.69) is 40.5 Å². The summed E-state index contributed by atoms with van der Waals surface area (Å²) in [6, 6.07) is 0. The molecule has 198 valence electrons. The summed E-state index contributed by atoms with van der Waals surface area (Å²) in [5, 5.41) is 23.0. The zero-order chi connectivity index (χ0) is 25.5. The standard InChI is InChI=1S/C32H52O3/c1-7-11-20(3)21(4)28(33)16-13-22(8-2)24-14-15-25-23-18-29(34)26-12-9-10-17-31(26,5)27(23)19-30(35)32(24,25)6/h2,20-27,29-30,34-35H,7,9-19H2,1,3-6H3. The second-order valence-electron chi connectivity index (χ2n) is 13.7. The molecule has 0 spiro atoms. The summed E-state index contributed by atoms with van der Waals surface area (Å²) in [5.74, 6) is 6.07. The second kappa shape index (κ2) is 10.5. The van der Waals surface area contributed by atoms with E-state index in [0.29, 0.717) is 41.8 Å². The van der Waals surface area contributed by atoms with E-state index in [0.717, 1.165) is 51.4 Å². The number of aliphatic hydroxyl groups excluding tert-OH is 2. The first-order chi connectivity index (χ1) is 16.6. The van der Waals surface area contributed by atoms with Crippen LogP contribution in [0.25, 0.3) is 0 Å². The Labute approximate surface area is 215 Å². The third-order valence-corrected chi connectivity index (χ3v) is 12.3. The fourth-order valence-electron chi connectivity index (χ4n) is 9.97. The predicted octanol–water partition coefficient (Wildman–Crippen LogP) is 6.65. The topological polar surface area (TPSA) is 57.5 Å². The van der Waals surface area contributed by atoms with Crippen LogP contribution in [-0.2, 0) is 4.79 Å². The Bertz CT molecular complexity index is 799. The van der Waals surface area contributed by atoms with Crippen LogP contribution in [-0.4, -0.2) is 28.2 Å². The van der Waals surface area contributed by atoms with Crippen molar-refractivity contribution >= 4 is 5.78 Å². The normalized spacial score (nSPS) is 45.4. The van der Waals surface area contributed by atoms with Crippen molar-refractivity contribution < 1.29 is 15.0 Å². The minimum absolute atomic E-state index is 0.0420. The van der Waals surface area contributed by atoms with Crippen molar-refractivity contribution in [1.29, 1.82) is 0 Å². The lowest BCUT2D eigenvalue weighted by Crippen LogP contribution is -2.61.